The number of nitrogens with one attached hydrogen (secondary N) is 1. The van der Waals surface area contributed by atoms with Gasteiger partial charge in [0.05, 0.1) is 6.04 Å². The molecule has 0 aromatic carbocycles. The maximum absolute atomic E-state index is 11.8. The number of rotatable bonds is 1. The standard InChI is InChI=1S/C10H16N2O/c13-10(12-7-3-4-8-12)9-5-1-2-6-11-9/h3-4,9,11H,1-2,5-8H2/t9-/m0/s1. The molecule has 0 bridgehead atoms. The van der Waals surface area contributed by atoms with E-state index in [1.165, 1.54) is 12.8 Å². The van der Waals surface area contributed by atoms with E-state index < -0.39 is 0 Å². The lowest BCUT2D eigenvalue weighted by atomic mass is 10.0. The van der Waals surface area contributed by atoms with E-state index in [0.717, 1.165) is 26.1 Å². The number of hydrogen-bond acceptors (Lipinski definition) is 2. The van der Waals surface area contributed by atoms with Gasteiger partial charge in [-0.2, -0.15) is 0 Å². The van der Waals surface area contributed by atoms with Crippen LogP contribution in [-0.2, 0) is 4.79 Å². The van der Waals surface area contributed by atoms with Crippen molar-refractivity contribution in [2.24, 2.45) is 0 Å². The summed E-state index contributed by atoms with van der Waals surface area (Å²) in [5.41, 5.74) is 0. The van der Waals surface area contributed by atoms with E-state index in [0.29, 0.717) is 0 Å². The van der Waals surface area contributed by atoms with Crippen molar-refractivity contribution in [3.8, 4) is 0 Å². The molecule has 1 fully saturated rings. The van der Waals surface area contributed by atoms with Crippen molar-refractivity contribution in [1.82, 2.24) is 10.2 Å². The predicted octanol–water partition coefficient (Wildman–Crippen LogP) is 0.527. The topological polar surface area (TPSA) is 32.3 Å². The smallest absolute Gasteiger partial charge is 0.240 e. The van der Waals surface area contributed by atoms with Crippen LogP contribution in [-0.4, -0.2) is 36.5 Å². The number of piperidine rings is 1. The van der Waals surface area contributed by atoms with Crippen LogP contribution in [0.15, 0.2) is 12.2 Å². The van der Waals surface area contributed by atoms with Crippen LogP contribution in [0.2, 0.25) is 0 Å². The summed E-state index contributed by atoms with van der Waals surface area (Å²) >= 11 is 0. The fraction of sp³-hybridized carbons (Fsp3) is 0.700. The first-order valence-electron chi connectivity index (χ1n) is 5.05. The van der Waals surface area contributed by atoms with Gasteiger partial charge in [0.15, 0.2) is 0 Å². The highest BCUT2D eigenvalue weighted by Gasteiger charge is 2.25. The van der Waals surface area contributed by atoms with E-state index in [4.69, 9.17) is 0 Å². The van der Waals surface area contributed by atoms with Gasteiger partial charge in [0, 0.05) is 13.1 Å². The van der Waals surface area contributed by atoms with Crippen LogP contribution in [0.25, 0.3) is 0 Å². The molecular formula is C10H16N2O. The third kappa shape index (κ3) is 1.91. The minimum Gasteiger partial charge on any atom is -0.334 e. The molecule has 72 valence electrons. The Morgan fingerprint density at radius 2 is 2.08 bits per heavy atom. The zero-order valence-corrected chi connectivity index (χ0v) is 7.83. The molecule has 2 aliphatic heterocycles. The van der Waals surface area contributed by atoms with E-state index >= 15 is 0 Å². The largest absolute Gasteiger partial charge is 0.334 e. The summed E-state index contributed by atoms with van der Waals surface area (Å²) in [5, 5.41) is 3.28. The lowest BCUT2D eigenvalue weighted by Crippen LogP contribution is -2.47. The van der Waals surface area contributed by atoms with Crippen molar-refractivity contribution >= 4 is 5.91 Å². The number of amides is 1. The van der Waals surface area contributed by atoms with Crippen LogP contribution in [0.1, 0.15) is 19.3 Å². The quantitative estimate of drug-likeness (QED) is 0.597. The first kappa shape index (κ1) is 8.75. The molecule has 3 nitrogen and oxygen atoms in total. The summed E-state index contributed by atoms with van der Waals surface area (Å²) < 4.78 is 0. The predicted molar refractivity (Wildman–Crippen MR) is 51.4 cm³/mol. The van der Waals surface area contributed by atoms with Crippen molar-refractivity contribution in [3.63, 3.8) is 0 Å². The third-order valence-corrected chi connectivity index (χ3v) is 2.74. The molecule has 13 heavy (non-hydrogen) atoms. The first-order chi connectivity index (χ1) is 6.38. The Hall–Kier alpha value is -0.830. The molecular weight excluding hydrogens is 164 g/mol. The molecule has 2 heterocycles. The average Bonchev–Trinajstić information content (AvgIpc) is 2.71. The average molecular weight is 180 g/mol. The minimum atomic E-state index is 0.0913. The minimum absolute atomic E-state index is 0.0913. The second-order valence-corrected chi connectivity index (χ2v) is 3.72. The van der Waals surface area contributed by atoms with Crippen LogP contribution in [0.3, 0.4) is 0 Å². The van der Waals surface area contributed by atoms with Crippen molar-refractivity contribution in [3.05, 3.63) is 12.2 Å². The molecule has 0 spiro atoms. The molecule has 0 aromatic rings. The van der Waals surface area contributed by atoms with Gasteiger partial charge in [-0.15, -0.1) is 0 Å². The fourth-order valence-electron chi connectivity index (χ4n) is 1.94. The highest BCUT2D eigenvalue weighted by Crippen LogP contribution is 2.11. The van der Waals surface area contributed by atoms with Gasteiger partial charge in [-0.05, 0) is 19.4 Å². The summed E-state index contributed by atoms with van der Waals surface area (Å²) in [6.45, 7) is 2.60. The van der Waals surface area contributed by atoms with Crippen LogP contribution in [0, 0.1) is 0 Å². The van der Waals surface area contributed by atoms with E-state index in [1.807, 2.05) is 4.90 Å². The van der Waals surface area contributed by atoms with Gasteiger partial charge in [0.2, 0.25) is 5.91 Å². The molecule has 1 N–H and O–H groups in total. The molecule has 0 aromatic heterocycles. The Morgan fingerprint density at radius 3 is 2.69 bits per heavy atom. The van der Waals surface area contributed by atoms with Gasteiger partial charge < -0.3 is 10.2 Å². The molecule has 0 unspecified atom stereocenters. The number of hydrogen-bond donors (Lipinski definition) is 1. The van der Waals surface area contributed by atoms with Crippen molar-refractivity contribution in [2.75, 3.05) is 19.6 Å². The summed E-state index contributed by atoms with van der Waals surface area (Å²) in [6.07, 6.45) is 7.52. The van der Waals surface area contributed by atoms with E-state index in [1.54, 1.807) is 0 Å². The Labute approximate surface area is 78.8 Å². The maximum atomic E-state index is 11.8. The molecule has 0 aliphatic carbocycles. The normalized spacial score (nSPS) is 28.0. The van der Waals surface area contributed by atoms with Gasteiger partial charge in [-0.25, -0.2) is 0 Å². The Balaban J connectivity index is 1.88. The van der Waals surface area contributed by atoms with Crippen LogP contribution >= 0.6 is 0 Å². The van der Waals surface area contributed by atoms with Gasteiger partial charge in [0.1, 0.15) is 0 Å². The zero-order chi connectivity index (χ0) is 9.10. The third-order valence-electron chi connectivity index (χ3n) is 2.74. The fourth-order valence-corrected chi connectivity index (χ4v) is 1.94. The zero-order valence-electron chi connectivity index (χ0n) is 7.83. The maximum Gasteiger partial charge on any atom is 0.240 e. The number of carbonyl (C=O) groups is 1. The highest BCUT2D eigenvalue weighted by molar-refractivity contribution is 5.82. The number of carbonyl (C=O) groups excluding carboxylic acids is 1. The molecule has 0 radical (unpaired) electrons. The molecule has 0 saturated carbocycles. The summed E-state index contributed by atoms with van der Waals surface area (Å²) in [4.78, 5) is 13.7. The molecule has 2 aliphatic rings. The van der Waals surface area contributed by atoms with Gasteiger partial charge in [-0.3, -0.25) is 4.79 Å². The Morgan fingerprint density at radius 1 is 1.31 bits per heavy atom. The monoisotopic (exact) mass is 180 g/mol. The van der Waals surface area contributed by atoms with Crippen LogP contribution < -0.4 is 5.32 Å². The second-order valence-electron chi connectivity index (χ2n) is 3.72. The van der Waals surface area contributed by atoms with Gasteiger partial charge >= 0.3 is 0 Å². The molecule has 1 atom stereocenters. The number of nitrogens with zero attached hydrogens (tertiary/aromatic N) is 1. The van der Waals surface area contributed by atoms with Crippen molar-refractivity contribution < 1.29 is 4.79 Å². The van der Waals surface area contributed by atoms with E-state index in [-0.39, 0.29) is 11.9 Å². The van der Waals surface area contributed by atoms with Crippen molar-refractivity contribution in [2.45, 2.75) is 25.3 Å². The molecule has 3 heteroatoms. The summed E-state index contributed by atoms with van der Waals surface area (Å²) in [6, 6.07) is 0.0913. The molecule has 1 amide bonds. The highest BCUT2D eigenvalue weighted by atomic mass is 16.2. The summed E-state index contributed by atoms with van der Waals surface area (Å²) in [7, 11) is 0. The van der Waals surface area contributed by atoms with Gasteiger partial charge in [0.25, 0.3) is 0 Å². The van der Waals surface area contributed by atoms with Crippen molar-refractivity contribution in [1.29, 1.82) is 0 Å². The lowest BCUT2D eigenvalue weighted by Gasteiger charge is -2.26. The first-order valence-corrected chi connectivity index (χ1v) is 5.05. The Bertz CT molecular complexity index is 211. The van der Waals surface area contributed by atoms with E-state index in [2.05, 4.69) is 17.5 Å². The SMILES string of the molecule is O=C([C@@H]1CCCCN1)N1CC=CC1. The van der Waals surface area contributed by atoms with Crippen LogP contribution in [0.5, 0.6) is 0 Å². The van der Waals surface area contributed by atoms with Crippen LogP contribution in [0.4, 0.5) is 0 Å². The summed E-state index contributed by atoms with van der Waals surface area (Å²) in [5.74, 6) is 0.282. The lowest BCUT2D eigenvalue weighted by molar-refractivity contribution is -0.132. The van der Waals surface area contributed by atoms with E-state index in [9.17, 15) is 4.79 Å². The molecule has 1 saturated heterocycles. The Kier molecular flexibility index (Phi) is 2.64. The second kappa shape index (κ2) is 3.92. The van der Waals surface area contributed by atoms with Gasteiger partial charge in [-0.1, -0.05) is 18.6 Å². The molecule has 2 rings (SSSR count).